The molecule has 18 heavy (non-hydrogen) atoms. The minimum atomic E-state index is -2.40. The maximum absolute atomic E-state index is 11.4. The quantitative estimate of drug-likeness (QED) is 0.349. The van der Waals surface area contributed by atoms with Gasteiger partial charge in [-0.25, -0.2) is 4.79 Å². The van der Waals surface area contributed by atoms with Gasteiger partial charge in [-0.1, -0.05) is 27.4 Å². The van der Waals surface area contributed by atoms with Crippen molar-refractivity contribution in [3.05, 3.63) is 12.2 Å². The van der Waals surface area contributed by atoms with Crippen molar-refractivity contribution in [3.8, 4) is 0 Å². The number of carbonyl (C=O) groups excluding carboxylic acids is 1. The van der Waals surface area contributed by atoms with Crippen LogP contribution in [0.5, 0.6) is 0 Å². The predicted octanol–water partition coefficient (Wildman–Crippen LogP) is 2.96. The summed E-state index contributed by atoms with van der Waals surface area (Å²) in [6, 6.07) is 0.774. The molecule has 0 aliphatic carbocycles. The summed E-state index contributed by atoms with van der Waals surface area (Å²) in [6.45, 7) is 12.6. The van der Waals surface area contributed by atoms with Crippen LogP contribution in [0.4, 0.5) is 0 Å². The second kappa shape index (κ2) is 9.30. The maximum atomic E-state index is 11.4. The van der Waals surface area contributed by atoms with Crippen molar-refractivity contribution in [2.45, 2.75) is 46.6 Å². The monoisotopic (exact) mass is 274 g/mol. The molecule has 0 fully saturated rings. The van der Waals surface area contributed by atoms with Gasteiger partial charge in [0.25, 0.3) is 0 Å². The molecule has 106 valence electrons. The van der Waals surface area contributed by atoms with Crippen molar-refractivity contribution in [3.63, 3.8) is 0 Å². The number of hydrogen-bond acceptors (Lipinski definition) is 4. The zero-order valence-electron chi connectivity index (χ0n) is 12.1. The largest absolute Gasteiger partial charge is 0.460 e. The van der Waals surface area contributed by atoms with Gasteiger partial charge in [-0.3, -0.25) is 0 Å². The first-order chi connectivity index (χ1) is 8.51. The summed E-state index contributed by atoms with van der Waals surface area (Å²) in [4.78, 5) is 11.4. The Labute approximate surface area is 112 Å². The smallest absolute Gasteiger partial charge is 0.376 e. The molecular weight excluding hydrogens is 248 g/mol. The van der Waals surface area contributed by atoms with Gasteiger partial charge >= 0.3 is 14.5 Å². The molecule has 4 nitrogen and oxygen atoms in total. The second-order valence-corrected chi connectivity index (χ2v) is 7.71. The fraction of sp³-hybridized carbons (Fsp3) is 0.769. The Morgan fingerprint density at radius 3 is 1.94 bits per heavy atom. The Morgan fingerprint density at radius 1 is 1.11 bits per heavy atom. The third-order valence-electron chi connectivity index (χ3n) is 2.45. The third kappa shape index (κ3) is 6.33. The van der Waals surface area contributed by atoms with Gasteiger partial charge in [0.05, 0.1) is 0 Å². The molecule has 0 bridgehead atoms. The molecule has 0 N–H and O–H groups in total. The molecule has 0 aromatic heterocycles. The van der Waals surface area contributed by atoms with Crippen LogP contribution in [0.2, 0.25) is 6.04 Å². The topological polar surface area (TPSA) is 44.8 Å². The number of carbonyl (C=O) groups is 1. The van der Waals surface area contributed by atoms with E-state index in [-0.39, 0.29) is 12.2 Å². The van der Waals surface area contributed by atoms with Gasteiger partial charge in [-0.05, 0) is 25.8 Å². The molecule has 0 spiro atoms. The van der Waals surface area contributed by atoms with Gasteiger partial charge in [0, 0.05) is 18.8 Å². The van der Waals surface area contributed by atoms with Crippen LogP contribution in [-0.4, -0.2) is 34.0 Å². The van der Waals surface area contributed by atoms with Crippen LogP contribution in [0.1, 0.15) is 40.5 Å². The standard InChI is InChI=1S/C13H26O4Si/c1-6-9-16-18(8-3,17-10-7-2)11-15-13(14)12(4)5/h4,6-11H2,1-3,5H3. The number of esters is 1. The molecule has 0 saturated carbocycles. The molecule has 0 saturated heterocycles. The normalized spacial score (nSPS) is 11.3. The molecule has 0 aromatic rings. The van der Waals surface area contributed by atoms with Crippen molar-refractivity contribution >= 4 is 14.5 Å². The lowest BCUT2D eigenvalue weighted by Gasteiger charge is -2.29. The Morgan fingerprint density at radius 2 is 1.61 bits per heavy atom. The van der Waals surface area contributed by atoms with Crippen molar-refractivity contribution in [2.24, 2.45) is 0 Å². The van der Waals surface area contributed by atoms with E-state index >= 15 is 0 Å². The van der Waals surface area contributed by atoms with E-state index in [9.17, 15) is 4.79 Å². The molecule has 0 amide bonds. The lowest BCUT2D eigenvalue weighted by molar-refractivity contribution is -0.138. The van der Waals surface area contributed by atoms with E-state index < -0.39 is 8.56 Å². The fourth-order valence-corrected chi connectivity index (χ4v) is 3.67. The average Bonchev–Trinajstić information content (AvgIpc) is 2.38. The Hall–Kier alpha value is -0.653. The van der Waals surface area contributed by atoms with Crippen molar-refractivity contribution in [2.75, 3.05) is 19.4 Å². The van der Waals surface area contributed by atoms with E-state index in [1.165, 1.54) is 0 Å². The Balaban J connectivity index is 4.50. The van der Waals surface area contributed by atoms with Crippen LogP contribution >= 0.6 is 0 Å². The fourth-order valence-electron chi connectivity index (χ4n) is 1.31. The molecule has 0 unspecified atom stereocenters. The summed E-state index contributed by atoms with van der Waals surface area (Å²) in [6.07, 6.45) is 2.10. The minimum absolute atomic E-state index is 0.245. The molecule has 0 aromatic carbocycles. The second-order valence-electron chi connectivity index (χ2n) is 4.32. The van der Waals surface area contributed by atoms with Crippen LogP contribution < -0.4 is 0 Å². The van der Waals surface area contributed by atoms with Gasteiger partial charge in [0.1, 0.15) is 6.23 Å². The number of rotatable bonds is 10. The van der Waals surface area contributed by atoms with Crippen LogP contribution in [0.3, 0.4) is 0 Å². The van der Waals surface area contributed by atoms with E-state index in [1.807, 2.05) is 6.92 Å². The minimum Gasteiger partial charge on any atom is -0.460 e. The first-order valence-electron chi connectivity index (χ1n) is 6.61. The molecule has 0 aliphatic heterocycles. The summed E-state index contributed by atoms with van der Waals surface area (Å²) >= 11 is 0. The summed E-state index contributed by atoms with van der Waals surface area (Å²) in [7, 11) is -2.40. The van der Waals surface area contributed by atoms with Gasteiger partial charge in [0.15, 0.2) is 0 Å². The van der Waals surface area contributed by atoms with Crippen molar-refractivity contribution in [1.82, 2.24) is 0 Å². The molecule has 0 rings (SSSR count). The zero-order valence-corrected chi connectivity index (χ0v) is 13.1. The summed E-state index contributed by atoms with van der Waals surface area (Å²) < 4.78 is 17.0. The zero-order chi connectivity index (χ0) is 14.0. The van der Waals surface area contributed by atoms with Crippen LogP contribution in [-0.2, 0) is 18.4 Å². The molecule has 0 atom stereocenters. The highest BCUT2D eigenvalue weighted by Gasteiger charge is 2.37. The molecule has 0 aliphatic rings. The van der Waals surface area contributed by atoms with E-state index in [4.69, 9.17) is 13.6 Å². The van der Waals surface area contributed by atoms with E-state index in [2.05, 4.69) is 20.4 Å². The highest BCUT2D eigenvalue weighted by atomic mass is 28.4. The molecule has 0 radical (unpaired) electrons. The van der Waals surface area contributed by atoms with E-state index in [1.54, 1.807) is 6.92 Å². The van der Waals surface area contributed by atoms with E-state index in [0.29, 0.717) is 18.8 Å². The van der Waals surface area contributed by atoms with E-state index in [0.717, 1.165) is 18.9 Å². The SMILES string of the molecule is C=C(C)C(=O)OC[Si](CC)(OCCC)OCCC. The maximum Gasteiger partial charge on any atom is 0.376 e. The van der Waals surface area contributed by atoms with Gasteiger partial charge in [-0.15, -0.1) is 0 Å². The Bertz CT molecular complexity index is 258. The third-order valence-corrected chi connectivity index (χ3v) is 5.57. The summed E-state index contributed by atoms with van der Waals surface area (Å²) in [5, 5.41) is 0. The van der Waals surface area contributed by atoms with Crippen molar-refractivity contribution in [1.29, 1.82) is 0 Å². The Kier molecular flexibility index (Phi) is 8.96. The van der Waals surface area contributed by atoms with Crippen LogP contribution in [0.25, 0.3) is 0 Å². The number of ether oxygens (including phenoxy) is 1. The van der Waals surface area contributed by atoms with Crippen LogP contribution in [0, 0.1) is 0 Å². The number of hydrogen-bond donors (Lipinski definition) is 0. The van der Waals surface area contributed by atoms with Crippen molar-refractivity contribution < 1.29 is 18.4 Å². The van der Waals surface area contributed by atoms with Gasteiger partial charge < -0.3 is 13.6 Å². The molecule has 5 heteroatoms. The lowest BCUT2D eigenvalue weighted by atomic mass is 10.4. The lowest BCUT2D eigenvalue weighted by Crippen LogP contribution is -2.48. The molecular formula is C13H26O4Si. The van der Waals surface area contributed by atoms with Gasteiger partial charge in [-0.2, -0.15) is 0 Å². The molecule has 0 heterocycles. The first kappa shape index (κ1) is 17.3. The van der Waals surface area contributed by atoms with Crippen LogP contribution in [0.15, 0.2) is 12.2 Å². The predicted molar refractivity (Wildman–Crippen MR) is 74.5 cm³/mol. The summed E-state index contributed by atoms with van der Waals surface area (Å²) in [5.41, 5.74) is 0.403. The summed E-state index contributed by atoms with van der Waals surface area (Å²) in [5.74, 6) is -0.375. The highest BCUT2D eigenvalue weighted by molar-refractivity contribution is 6.67. The highest BCUT2D eigenvalue weighted by Crippen LogP contribution is 2.16. The van der Waals surface area contributed by atoms with Gasteiger partial charge in [0.2, 0.25) is 0 Å². The average molecular weight is 274 g/mol. The first-order valence-corrected chi connectivity index (χ1v) is 8.85.